The minimum Gasteiger partial charge on any atom is -0.352 e. The molecule has 0 aliphatic heterocycles. The Morgan fingerprint density at radius 3 is 2.50 bits per heavy atom. The molecule has 7 heteroatoms. The average Bonchev–Trinajstić information content (AvgIpc) is 2.42. The van der Waals surface area contributed by atoms with Crippen molar-refractivity contribution in [1.29, 1.82) is 0 Å². The van der Waals surface area contributed by atoms with Crippen molar-refractivity contribution >= 4 is 29.1 Å². The molecule has 2 atom stereocenters. The van der Waals surface area contributed by atoms with Gasteiger partial charge >= 0.3 is 6.18 Å². The lowest BCUT2D eigenvalue weighted by atomic mass is 9.84. The van der Waals surface area contributed by atoms with Gasteiger partial charge in [-0.2, -0.15) is 13.2 Å². The normalized spacial score (nSPS) is 22.4. The summed E-state index contributed by atoms with van der Waals surface area (Å²) in [6, 6.07) is 3.90. The average molecular weight is 354 g/mol. The molecule has 1 aliphatic rings. The van der Waals surface area contributed by atoms with E-state index in [4.69, 9.17) is 23.2 Å². The fraction of sp³-hybridized carbons (Fsp3) is 0.533. The van der Waals surface area contributed by atoms with E-state index in [1.807, 2.05) is 0 Å². The molecule has 0 bridgehead atoms. The fourth-order valence-electron chi connectivity index (χ4n) is 2.79. The second-order valence-electron chi connectivity index (χ2n) is 5.53. The number of carbonyl (C=O) groups is 1. The number of carbonyl (C=O) groups excluding carboxylic acids is 1. The number of rotatable bonds is 3. The van der Waals surface area contributed by atoms with Gasteiger partial charge in [-0.1, -0.05) is 42.1 Å². The molecule has 1 aliphatic carbocycles. The highest BCUT2D eigenvalue weighted by Crippen LogP contribution is 2.37. The van der Waals surface area contributed by atoms with Crippen molar-refractivity contribution in [3.8, 4) is 0 Å². The molecule has 0 aromatic heterocycles. The van der Waals surface area contributed by atoms with Crippen molar-refractivity contribution in [2.24, 2.45) is 5.92 Å². The van der Waals surface area contributed by atoms with Crippen LogP contribution in [0.3, 0.4) is 0 Å². The van der Waals surface area contributed by atoms with Crippen LogP contribution in [0.5, 0.6) is 0 Å². The first-order valence-corrected chi connectivity index (χ1v) is 7.83. The summed E-state index contributed by atoms with van der Waals surface area (Å²) < 4.78 is 38.9. The number of amides is 1. The summed E-state index contributed by atoms with van der Waals surface area (Å²) in [6.07, 6.45) is -2.62. The molecular formula is C15H16Cl2F3NO. The van der Waals surface area contributed by atoms with Crippen LogP contribution in [0.2, 0.25) is 10.0 Å². The first-order valence-electron chi connectivity index (χ1n) is 7.07. The van der Waals surface area contributed by atoms with E-state index < -0.39 is 24.0 Å². The van der Waals surface area contributed by atoms with Gasteiger partial charge in [0.25, 0.3) is 0 Å². The Kier molecular flexibility index (Phi) is 5.61. The molecule has 1 saturated carbocycles. The fourth-order valence-corrected chi connectivity index (χ4v) is 3.11. The summed E-state index contributed by atoms with van der Waals surface area (Å²) in [6.45, 7) is 0. The van der Waals surface area contributed by atoms with Gasteiger partial charge in [0.15, 0.2) is 0 Å². The predicted molar refractivity (Wildman–Crippen MR) is 80.1 cm³/mol. The molecule has 22 heavy (non-hydrogen) atoms. The topological polar surface area (TPSA) is 29.1 Å². The molecule has 0 radical (unpaired) electrons. The van der Waals surface area contributed by atoms with Crippen molar-refractivity contribution in [3.63, 3.8) is 0 Å². The lowest BCUT2D eigenvalue weighted by Gasteiger charge is -2.33. The van der Waals surface area contributed by atoms with Crippen LogP contribution in [-0.4, -0.2) is 18.1 Å². The molecule has 0 spiro atoms. The molecule has 0 unspecified atom stereocenters. The SMILES string of the molecule is O=C(Cc1ccc(Cl)c(Cl)c1)N[C@H]1CCCC[C@@H]1C(F)(F)F. The van der Waals surface area contributed by atoms with Gasteiger partial charge in [0.1, 0.15) is 0 Å². The monoisotopic (exact) mass is 353 g/mol. The summed E-state index contributed by atoms with van der Waals surface area (Å²) in [4.78, 5) is 12.0. The van der Waals surface area contributed by atoms with Crippen LogP contribution >= 0.6 is 23.2 Å². The summed E-state index contributed by atoms with van der Waals surface area (Å²) in [5, 5.41) is 3.21. The quantitative estimate of drug-likeness (QED) is 0.832. The van der Waals surface area contributed by atoms with E-state index in [2.05, 4.69) is 5.32 Å². The van der Waals surface area contributed by atoms with Gasteiger partial charge in [-0.05, 0) is 30.5 Å². The Hall–Kier alpha value is -0.940. The van der Waals surface area contributed by atoms with Gasteiger partial charge in [-0.15, -0.1) is 0 Å². The maximum Gasteiger partial charge on any atom is 0.393 e. The molecular weight excluding hydrogens is 338 g/mol. The molecule has 0 saturated heterocycles. The van der Waals surface area contributed by atoms with Crippen molar-refractivity contribution in [3.05, 3.63) is 33.8 Å². The Morgan fingerprint density at radius 2 is 1.86 bits per heavy atom. The highest BCUT2D eigenvalue weighted by Gasteiger charge is 2.45. The smallest absolute Gasteiger partial charge is 0.352 e. The van der Waals surface area contributed by atoms with Gasteiger partial charge in [0, 0.05) is 6.04 Å². The molecule has 1 N–H and O–H groups in total. The highest BCUT2D eigenvalue weighted by molar-refractivity contribution is 6.42. The van der Waals surface area contributed by atoms with Crippen molar-refractivity contribution in [1.82, 2.24) is 5.32 Å². The molecule has 1 aromatic rings. The van der Waals surface area contributed by atoms with Crippen molar-refractivity contribution in [2.45, 2.75) is 44.3 Å². The molecule has 2 rings (SSSR count). The van der Waals surface area contributed by atoms with Crippen molar-refractivity contribution < 1.29 is 18.0 Å². The van der Waals surface area contributed by atoms with Gasteiger partial charge < -0.3 is 5.32 Å². The maximum atomic E-state index is 13.0. The molecule has 2 nitrogen and oxygen atoms in total. The Morgan fingerprint density at radius 1 is 1.18 bits per heavy atom. The minimum atomic E-state index is -4.28. The predicted octanol–water partition coefficient (Wildman–Crippen LogP) is 4.77. The van der Waals surface area contributed by atoms with Gasteiger partial charge in [0.2, 0.25) is 5.91 Å². The number of halogens is 5. The molecule has 1 amide bonds. The first kappa shape index (κ1) is 17.4. The van der Waals surface area contributed by atoms with Gasteiger partial charge in [0.05, 0.1) is 22.4 Å². The standard InChI is InChI=1S/C15H16Cl2F3NO/c16-11-6-5-9(7-12(11)17)8-14(22)21-13-4-2-1-3-10(13)15(18,19)20/h5-7,10,13H,1-4,8H2,(H,21,22)/t10-,13-/m0/s1. The lowest BCUT2D eigenvalue weighted by molar-refractivity contribution is -0.189. The lowest BCUT2D eigenvalue weighted by Crippen LogP contribution is -2.48. The van der Waals surface area contributed by atoms with Crippen molar-refractivity contribution in [2.75, 3.05) is 0 Å². The molecule has 0 heterocycles. The second kappa shape index (κ2) is 7.09. The first-order chi connectivity index (χ1) is 10.3. The third-order valence-electron chi connectivity index (χ3n) is 3.88. The summed E-state index contributed by atoms with van der Waals surface area (Å²) in [7, 11) is 0. The number of alkyl halides is 3. The van der Waals surface area contributed by atoms with Gasteiger partial charge in [-0.3, -0.25) is 4.79 Å². The molecule has 122 valence electrons. The largest absolute Gasteiger partial charge is 0.393 e. The Bertz CT molecular complexity index is 548. The highest BCUT2D eigenvalue weighted by atomic mass is 35.5. The van der Waals surface area contributed by atoms with Crippen LogP contribution in [0, 0.1) is 5.92 Å². The summed E-state index contributed by atoms with van der Waals surface area (Å²) >= 11 is 11.6. The number of hydrogen-bond donors (Lipinski definition) is 1. The number of benzene rings is 1. The van der Waals surface area contributed by atoms with Crippen LogP contribution in [-0.2, 0) is 11.2 Å². The molecule has 1 aromatic carbocycles. The van der Waals surface area contributed by atoms with Gasteiger partial charge in [-0.25, -0.2) is 0 Å². The van der Waals surface area contributed by atoms with E-state index in [0.717, 1.165) is 0 Å². The van der Waals surface area contributed by atoms with Crippen LogP contribution in [0.25, 0.3) is 0 Å². The Labute approximate surface area is 137 Å². The van der Waals surface area contributed by atoms with E-state index in [9.17, 15) is 18.0 Å². The van der Waals surface area contributed by atoms with Crippen LogP contribution in [0.1, 0.15) is 31.2 Å². The number of nitrogens with one attached hydrogen (secondary N) is 1. The minimum absolute atomic E-state index is 0.0159. The van der Waals surface area contributed by atoms with E-state index in [0.29, 0.717) is 34.9 Å². The van der Waals surface area contributed by atoms with Crippen LogP contribution < -0.4 is 5.32 Å². The number of hydrogen-bond acceptors (Lipinski definition) is 1. The third-order valence-corrected chi connectivity index (χ3v) is 4.62. The Balaban J connectivity index is 1.99. The second-order valence-corrected chi connectivity index (χ2v) is 6.35. The van der Waals surface area contributed by atoms with E-state index in [1.165, 1.54) is 0 Å². The molecule has 1 fully saturated rings. The summed E-state index contributed by atoms with van der Waals surface area (Å²) in [5.74, 6) is -1.89. The van der Waals surface area contributed by atoms with E-state index in [-0.39, 0.29) is 12.8 Å². The zero-order chi connectivity index (χ0) is 16.3. The zero-order valence-corrected chi connectivity index (χ0v) is 13.2. The van der Waals surface area contributed by atoms with E-state index in [1.54, 1.807) is 18.2 Å². The maximum absolute atomic E-state index is 13.0. The van der Waals surface area contributed by atoms with Crippen LogP contribution in [0.15, 0.2) is 18.2 Å². The van der Waals surface area contributed by atoms with Crippen LogP contribution in [0.4, 0.5) is 13.2 Å². The summed E-state index contributed by atoms with van der Waals surface area (Å²) in [5.41, 5.74) is 0.617. The zero-order valence-electron chi connectivity index (χ0n) is 11.7. The third kappa shape index (κ3) is 4.53. The van der Waals surface area contributed by atoms with E-state index >= 15 is 0 Å².